The minimum Gasteiger partial charge on any atom is -0.358 e. The molecule has 8 nitrogen and oxygen atoms in total. The maximum absolute atomic E-state index is 12.2. The van der Waals surface area contributed by atoms with Crippen LogP contribution in [0, 0.1) is 10.1 Å². The lowest BCUT2D eigenvalue weighted by molar-refractivity contribution is -0.389. The number of hydrogen-bond acceptors (Lipinski definition) is 5. The number of rotatable bonds is 3. The standard InChI is InChI=1S/C12H17N5O3.ClH/c18-12(8-16-6-4-11(14-16)17(19)20)15-5-3-9-1-2-10(7-15)13-9;/h4,6,9-10,13H,1-3,5,7-8H2;1H. The molecule has 2 saturated heterocycles. The van der Waals surface area contributed by atoms with Gasteiger partial charge in [-0.05, 0) is 24.2 Å². The van der Waals surface area contributed by atoms with E-state index < -0.39 is 4.92 Å². The van der Waals surface area contributed by atoms with Crippen LogP contribution in [0.25, 0.3) is 0 Å². The van der Waals surface area contributed by atoms with E-state index in [2.05, 4.69) is 10.4 Å². The summed E-state index contributed by atoms with van der Waals surface area (Å²) in [5.74, 6) is -0.258. The Morgan fingerprint density at radius 3 is 2.90 bits per heavy atom. The number of amides is 1. The first kappa shape index (κ1) is 15.7. The lowest BCUT2D eigenvalue weighted by Gasteiger charge is -2.23. The van der Waals surface area contributed by atoms with Crippen LogP contribution in [-0.2, 0) is 11.3 Å². The summed E-state index contributed by atoms with van der Waals surface area (Å²) in [6.07, 6.45) is 4.75. The first-order chi connectivity index (χ1) is 9.61. The molecule has 2 unspecified atom stereocenters. The van der Waals surface area contributed by atoms with Crippen LogP contribution in [-0.4, -0.2) is 50.7 Å². The Kier molecular flexibility index (Phi) is 4.79. The van der Waals surface area contributed by atoms with Crippen molar-refractivity contribution in [1.29, 1.82) is 0 Å². The number of fused-ring (bicyclic) bond motifs is 2. The molecule has 0 spiro atoms. The normalized spacial score (nSPS) is 24.3. The molecule has 2 aliphatic rings. The van der Waals surface area contributed by atoms with Gasteiger partial charge in [-0.25, -0.2) is 0 Å². The van der Waals surface area contributed by atoms with Gasteiger partial charge in [-0.1, -0.05) is 0 Å². The van der Waals surface area contributed by atoms with Gasteiger partial charge in [-0.3, -0.25) is 4.79 Å². The van der Waals surface area contributed by atoms with E-state index in [4.69, 9.17) is 0 Å². The number of hydrogen-bond donors (Lipinski definition) is 1. The van der Waals surface area contributed by atoms with Crippen molar-refractivity contribution < 1.29 is 9.72 Å². The lowest BCUT2D eigenvalue weighted by atomic mass is 10.1. The number of nitrogens with one attached hydrogen (secondary N) is 1. The minimum atomic E-state index is -0.560. The van der Waals surface area contributed by atoms with Crippen molar-refractivity contribution in [2.45, 2.75) is 37.9 Å². The SMILES string of the molecule is Cl.O=C(Cn1ccc([N+](=O)[O-])n1)N1CCC2CCC(C1)N2. The highest BCUT2D eigenvalue weighted by atomic mass is 35.5. The van der Waals surface area contributed by atoms with Crippen molar-refractivity contribution in [3.05, 3.63) is 22.4 Å². The van der Waals surface area contributed by atoms with Gasteiger partial charge in [0, 0.05) is 25.2 Å². The molecule has 0 aliphatic carbocycles. The Balaban J connectivity index is 0.00000161. The van der Waals surface area contributed by atoms with Crippen molar-refractivity contribution in [3.8, 4) is 0 Å². The third-order valence-electron chi connectivity index (χ3n) is 3.99. The second kappa shape index (κ2) is 6.40. The molecule has 3 rings (SSSR count). The number of halogens is 1. The fourth-order valence-electron chi connectivity index (χ4n) is 2.94. The Morgan fingerprint density at radius 2 is 2.19 bits per heavy atom. The molecule has 0 aromatic carbocycles. The van der Waals surface area contributed by atoms with Gasteiger partial charge >= 0.3 is 5.82 Å². The zero-order chi connectivity index (χ0) is 14.1. The molecule has 9 heteroatoms. The first-order valence-electron chi connectivity index (χ1n) is 6.83. The highest BCUT2D eigenvalue weighted by molar-refractivity contribution is 5.85. The van der Waals surface area contributed by atoms with Gasteiger partial charge in [0.1, 0.15) is 6.54 Å². The van der Waals surface area contributed by atoms with Crippen LogP contribution in [0.5, 0.6) is 0 Å². The maximum Gasteiger partial charge on any atom is 0.389 e. The van der Waals surface area contributed by atoms with Crippen molar-refractivity contribution in [1.82, 2.24) is 20.0 Å². The summed E-state index contributed by atoms with van der Waals surface area (Å²) in [6, 6.07) is 2.22. The van der Waals surface area contributed by atoms with Crippen LogP contribution in [0.15, 0.2) is 12.3 Å². The third-order valence-corrected chi connectivity index (χ3v) is 3.99. The first-order valence-corrected chi connectivity index (χ1v) is 6.83. The minimum absolute atomic E-state index is 0. The zero-order valence-corrected chi connectivity index (χ0v) is 12.3. The van der Waals surface area contributed by atoms with E-state index in [-0.39, 0.29) is 30.7 Å². The number of nitrogens with zero attached hydrogens (tertiary/aromatic N) is 4. The van der Waals surface area contributed by atoms with Gasteiger partial charge in [-0.15, -0.1) is 12.4 Å². The zero-order valence-electron chi connectivity index (χ0n) is 11.5. The van der Waals surface area contributed by atoms with Crippen LogP contribution in [0.4, 0.5) is 5.82 Å². The number of carbonyl (C=O) groups excluding carboxylic acids is 1. The number of carbonyl (C=O) groups is 1. The summed E-state index contributed by atoms with van der Waals surface area (Å²) in [6.45, 7) is 1.53. The molecule has 3 heterocycles. The largest absolute Gasteiger partial charge is 0.389 e. The summed E-state index contributed by atoms with van der Waals surface area (Å²) >= 11 is 0. The van der Waals surface area contributed by atoms with Gasteiger partial charge in [-0.2, -0.15) is 4.68 Å². The van der Waals surface area contributed by atoms with Gasteiger partial charge in [0.2, 0.25) is 5.91 Å². The van der Waals surface area contributed by atoms with Crippen molar-refractivity contribution >= 4 is 24.1 Å². The third kappa shape index (κ3) is 3.51. The van der Waals surface area contributed by atoms with Crippen molar-refractivity contribution in [2.24, 2.45) is 0 Å². The van der Waals surface area contributed by atoms with Crippen LogP contribution in [0.2, 0.25) is 0 Å². The molecule has 2 aliphatic heterocycles. The molecule has 1 N–H and O–H groups in total. The molecule has 2 atom stereocenters. The molecule has 2 bridgehead atoms. The van der Waals surface area contributed by atoms with Crippen LogP contribution in [0.3, 0.4) is 0 Å². The molecular formula is C12H18ClN5O3. The number of likely N-dealkylation sites (tertiary alicyclic amines) is 1. The highest BCUT2D eigenvalue weighted by Gasteiger charge is 2.31. The molecule has 1 aromatic heterocycles. The monoisotopic (exact) mass is 315 g/mol. The van der Waals surface area contributed by atoms with E-state index in [9.17, 15) is 14.9 Å². The maximum atomic E-state index is 12.2. The quantitative estimate of drug-likeness (QED) is 0.650. The smallest absolute Gasteiger partial charge is 0.358 e. The van der Waals surface area contributed by atoms with Crippen LogP contribution in [0.1, 0.15) is 19.3 Å². The summed E-state index contributed by atoms with van der Waals surface area (Å²) in [4.78, 5) is 24.1. The summed E-state index contributed by atoms with van der Waals surface area (Å²) < 4.78 is 1.33. The van der Waals surface area contributed by atoms with E-state index in [1.54, 1.807) is 0 Å². The van der Waals surface area contributed by atoms with Gasteiger partial charge in [0.25, 0.3) is 0 Å². The van der Waals surface area contributed by atoms with Gasteiger partial charge in [0.15, 0.2) is 0 Å². The molecule has 1 amide bonds. The number of aromatic nitrogens is 2. The average molecular weight is 316 g/mol. The highest BCUT2D eigenvalue weighted by Crippen LogP contribution is 2.20. The number of nitro groups is 1. The Hall–Kier alpha value is -1.67. The lowest BCUT2D eigenvalue weighted by Crippen LogP contribution is -2.40. The van der Waals surface area contributed by atoms with Crippen molar-refractivity contribution in [2.75, 3.05) is 13.1 Å². The molecule has 1 aromatic rings. The van der Waals surface area contributed by atoms with Gasteiger partial charge < -0.3 is 20.3 Å². The molecule has 0 radical (unpaired) electrons. The Bertz CT molecular complexity index is 535. The summed E-state index contributed by atoms with van der Waals surface area (Å²) in [5, 5.41) is 17.8. The second-order valence-electron chi connectivity index (χ2n) is 5.39. The topological polar surface area (TPSA) is 93.3 Å². The molecule has 21 heavy (non-hydrogen) atoms. The van der Waals surface area contributed by atoms with E-state index >= 15 is 0 Å². The fraction of sp³-hybridized carbons (Fsp3) is 0.667. The Labute approximate surface area is 128 Å². The molecule has 116 valence electrons. The van der Waals surface area contributed by atoms with E-state index in [1.807, 2.05) is 4.90 Å². The molecule has 0 saturated carbocycles. The predicted octanol–water partition coefficient (Wildman–Crippen LogP) is 0.566. The van der Waals surface area contributed by atoms with E-state index in [1.165, 1.54) is 23.4 Å². The second-order valence-corrected chi connectivity index (χ2v) is 5.39. The summed E-state index contributed by atoms with van der Waals surface area (Å²) in [5.41, 5.74) is 0. The van der Waals surface area contributed by atoms with Crippen molar-refractivity contribution in [3.63, 3.8) is 0 Å². The summed E-state index contributed by atoms with van der Waals surface area (Å²) in [7, 11) is 0. The predicted molar refractivity (Wildman–Crippen MR) is 77.3 cm³/mol. The fourth-order valence-corrected chi connectivity index (χ4v) is 2.94. The molecule has 2 fully saturated rings. The molecular weight excluding hydrogens is 298 g/mol. The average Bonchev–Trinajstić information content (AvgIpc) is 2.96. The van der Waals surface area contributed by atoms with E-state index in [0.29, 0.717) is 12.1 Å². The van der Waals surface area contributed by atoms with E-state index in [0.717, 1.165) is 25.9 Å². The van der Waals surface area contributed by atoms with Crippen LogP contribution < -0.4 is 5.32 Å². The van der Waals surface area contributed by atoms with Gasteiger partial charge in [0.05, 0.1) is 17.4 Å². The van der Waals surface area contributed by atoms with Crippen LogP contribution >= 0.6 is 12.4 Å². The Morgan fingerprint density at radius 1 is 1.43 bits per heavy atom.